The van der Waals surface area contributed by atoms with Gasteiger partial charge in [0.15, 0.2) is 0 Å². The van der Waals surface area contributed by atoms with Crippen LogP contribution in [0.3, 0.4) is 0 Å². The molecule has 0 fully saturated rings. The lowest BCUT2D eigenvalue weighted by Gasteiger charge is -2.62. The number of hydrogen-bond donors (Lipinski definition) is 0. The predicted octanol–water partition coefficient (Wildman–Crippen LogP) is 4.46. The van der Waals surface area contributed by atoms with Crippen molar-refractivity contribution in [1.29, 1.82) is 0 Å². The largest absolute Gasteiger partial charge is 0.522 e. The summed E-state index contributed by atoms with van der Waals surface area (Å²) >= 11 is 0. The van der Waals surface area contributed by atoms with Crippen molar-refractivity contribution >= 4 is 43.1 Å². The third-order valence-corrected chi connectivity index (χ3v) is 38.9. The van der Waals surface area contributed by atoms with Crippen LogP contribution in [0.25, 0.3) is 0 Å². The molecule has 0 aliphatic rings. The van der Waals surface area contributed by atoms with E-state index in [-0.39, 0.29) is 0 Å². The molecular formula is C13H33F3O5SSi4. The molecule has 0 heterocycles. The van der Waals surface area contributed by atoms with Crippen LogP contribution in [-0.4, -0.2) is 61.2 Å². The lowest BCUT2D eigenvalue weighted by atomic mass is 11.6. The maximum atomic E-state index is 13.1. The molecule has 13 heteroatoms. The molecule has 0 unspecified atom stereocenters. The highest BCUT2D eigenvalue weighted by Crippen LogP contribution is 2.60. The van der Waals surface area contributed by atoms with Crippen LogP contribution in [0, 0.1) is 0 Å². The van der Waals surface area contributed by atoms with E-state index >= 15 is 0 Å². The first-order chi connectivity index (χ1) is 11.1. The first kappa shape index (κ1) is 26.5. The quantitative estimate of drug-likeness (QED) is 0.387. The maximum absolute atomic E-state index is 13.1. The van der Waals surface area contributed by atoms with Crippen LogP contribution in [0.5, 0.6) is 0 Å². The lowest BCUT2D eigenvalue weighted by molar-refractivity contribution is -0.0528. The first-order valence-electron chi connectivity index (χ1n) is 8.20. The van der Waals surface area contributed by atoms with E-state index in [0.717, 1.165) is 0 Å². The molecule has 0 saturated carbocycles. The zero-order valence-corrected chi connectivity index (χ0v) is 22.4. The highest BCUT2D eigenvalue weighted by Gasteiger charge is 2.78. The van der Waals surface area contributed by atoms with Crippen molar-refractivity contribution in [1.82, 2.24) is 0 Å². The molecule has 0 radical (unpaired) electrons. The fourth-order valence-corrected chi connectivity index (χ4v) is 49.8. The average Bonchev–Trinajstić information content (AvgIpc) is 2.30. The molecule has 0 amide bonds. The van der Waals surface area contributed by atoms with Crippen molar-refractivity contribution in [3.05, 3.63) is 0 Å². The Bertz CT molecular complexity index is 563. The predicted molar refractivity (Wildman–Crippen MR) is 109 cm³/mol. The van der Waals surface area contributed by atoms with Gasteiger partial charge in [-0.15, -0.1) is 0 Å². The summed E-state index contributed by atoms with van der Waals surface area (Å²) in [5, 5.41) is 0. The summed E-state index contributed by atoms with van der Waals surface area (Å²) in [5.41, 5.74) is -5.54. The van der Waals surface area contributed by atoms with Crippen LogP contribution >= 0.6 is 0 Å². The average molecular weight is 471 g/mol. The van der Waals surface area contributed by atoms with Gasteiger partial charge >= 0.3 is 24.4 Å². The summed E-state index contributed by atoms with van der Waals surface area (Å²) in [7, 11) is -14.8. The molecule has 0 spiro atoms. The second kappa shape index (κ2) is 7.39. The monoisotopic (exact) mass is 470 g/mol. The lowest BCUT2D eigenvalue weighted by Crippen LogP contribution is -2.80. The van der Waals surface area contributed by atoms with Crippen LogP contribution in [-0.2, 0) is 22.8 Å². The van der Waals surface area contributed by atoms with Gasteiger partial charge in [0.1, 0.15) is 0 Å². The number of halogens is 3. The van der Waals surface area contributed by atoms with Crippen LogP contribution < -0.4 is 0 Å². The molecule has 0 aromatic rings. The Hall–Kier alpha value is 0.488. The smallest absolute Gasteiger partial charge is 0.376 e. The fourth-order valence-electron chi connectivity index (χ4n) is 5.46. The van der Waals surface area contributed by atoms with Crippen molar-refractivity contribution in [3.63, 3.8) is 0 Å². The summed E-state index contributed by atoms with van der Waals surface area (Å²) in [5.74, 6) is 0. The van der Waals surface area contributed by atoms with Crippen molar-refractivity contribution in [2.24, 2.45) is 0 Å². The summed E-state index contributed by atoms with van der Waals surface area (Å²) < 4.78 is 78.8. The molecule has 26 heavy (non-hydrogen) atoms. The van der Waals surface area contributed by atoms with Crippen molar-refractivity contribution < 1.29 is 34.3 Å². The molecule has 0 atom stereocenters. The van der Waals surface area contributed by atoms with Crippen LogP contribution in [0.2, 0.25) is 62.8 Å². The Labute approximate surface area is 160 Å². The number of rotatable bonds is 8. The normalized spacial score (nSPS) is 16.1. The third kappa shape index (κ3) is 4.09. The molecule has 0 N–H and O–H groups in total. The molecule has 158 valence electrons. The maximum Gasteiger partial charge on any atom is 0.522 e. The van der Waals surface area contributed by atoms with Crippen molar-refractivity contribution in [2.45, 2.75) is 68.3 Å². The van der Waals surface area contributed by atoms with Gasteiger partial charge in [-0.1, -0.05) is 58.9 Å². The van der Waals surface area contributed by atoms with Gasteiger partial charge in [-0.25, -0.2) is 0 Å². The van der Waals surface area contributed by atoms with E-state index in [1.807, 2.05) is 58.9 Å². The van der Waals surface area contributed by atoms with Gasteiger partial charge < -0.3 is 8.85 Å². The topological polar surface area (TPSA) is 61.8 Å². The van der Waals surface area contributed by atoms with Gasteiger partial charge in [0.25, 0.3) is 0 Å². The van der Waals surface area contributed by atoms with Gasteiger partial charge in [-0.05, 0) is 0 Å². The van der Waals surface area contributed by atoms with E-state index in [0.29, 0.717) is 0 Å². The summed E-state index contributed by atoms with van der Waals surface area (Å²) in [4.78, 5) is 0. The molecule has 0 bridgehead atoms. The second-order valence-electron chi connectivity index (χ2n) is 9.45. The minimum Gasteiger partial charge on any atom is -0.376 e. The third-order valence-electron chi connectivity index (χ3n) is 4.87. The molecule has 0 saturated heterocycles. The Morgan fingerprint density at radius 2 is 0.962 bits per heavy atom. The van der Waals surface area contributed by atoms with Gasteiger partial charge in [0, 0.05) is 18.1 Å². The molecule has 0 aliphatic carbocycles. The first-order valence-corrected chi connectivity index (χ1v) is 21.8. The number of hydrogen-bond acceptors (Lipinski definition) is 5. The fraction of sp³-hybridized carbons (Fsp3) is 1.00. The summed E-state index contributed by atoms with van der Waals surface area (Å²) in [6.45, 7) is 18.3. The highest BCUT2D eigenvalue weighted by atomic mass is 32.2. The van der Waals surface area contributed by atoms with E-state index < -0.39 is 52.6 Å². The number of alkyl halides is 3. The van der Waals surface area contributed by atoms with Gasteiger partial charge in [-0.2, -0.15) is 21.6 Å². The van der Waals surface area contributed by atoms with Crippen LogP contribution in [0.4, 0.5) is 13.2 Å². The Balaban J connectivity index is 7.25. The Morgan fingerprint density at radius 1 is 0.692 bits per heavy atom. The minimum atomic E-state index is -5.87. The molecule has 0 aromatic carbocycles. The second-order valence-corrected chi connectivity index (χ2v) is 32.9. The SMILES string of the molecule is CO[Si](OC)(OS(=O)(=O)C(F)(F)F)C([Si](C)(C)C)([Si](C)(C)C)[Si](C)(C)C. The van der Waals surface area contributed by atoms with E-state index in [2.05, 4.69) is 0 Å². The van der Waals surface area contributed by atoms with Gasteiger partial charge in [0.2, 0.25) is 0 Å². The molecule has 0 aromatic heterocycles. The Morgan fingerprint density at radius 3 is 1.12 bits per heavy atom. The van der Waals surface area contributed by atoms with E-state index in [9.17, 15) is 21.6 Å². The summed E-state index contributed by atoms with van der Waals surface area (Å²) in [6, 6.07) is 0. The highest BCUT2D eigenvalue weighted by molar-refractivity contribution is 7.88. The zero-order chi connectivity index (χ0) is 21.6. The van der Waals surface area contributed by atoms with E-state index in [4.69, 9.17) is 12.7 Å². The van der Waals surface area contributed by atoms with Crippen molar-refractivity contribution in [3.8, 4) is 0 Å². The zero-order valence-electron chi connectivity index (χ0n) is 17.6. The van der Waals surface area contributed by atoms with Crippen LogP contribution in [0.15, 0.2) is 0 Å². The van der Waals surface area contributed by atoms with Crippen LogP contribution in [0.1, 0.15) is 0 Å². The standard InChI is InChI=1S/C13H33F3O5SSi4/c1-19-26(20-2,21-22(17,18)12(14,15)16)13(23(3,4)5,24(6,7)8)25(9,10)11/h1-11H3. The van der Waals surface area contributed by atoms with E-state index in [1.165, 1.54) is 14.2 Å². The van der Waals surface area contributed by atoms with Crippen molar-refractivity contribution in [2.75, 3.05) is 14.2 Å². The molecule has 0 rings (SSSR count). The van der Waals surface area contributed by atoms with Gasteiger partial charge in [-0.3, -0.25) is 3.87 Å². The Kier molecular flexibility index (Phi) is 7.52. The molecular weight excluding hydrogens is 438 g/mol. The molecule has 0 aliphatic heterocycles. The molecule has 5 nitrogen and oxygen atoms in total. The van der Waals surface area contributed by atoms with Gasteiger partial charge in [0.05, 0.1) is 24.2 Å². The minimum absolute atomic E-state index is 0.790. The van der Waals surface area contributed by atoms with E-state index in [1.54, 1.807) is 0 Å². The summed E-state index contributed by atoms with van der Waals surface area (Å²) in [6.07, 6.45) is 0.